The SMILES string of the molecule is CO[Si](OC)(OC)C(=CN)c1ccccc1. The molecule has 0 spiro atoms. The van der Waals surface area contributed by atoms with Gasteiger partial charge in [0.1, 0.15) is 0 Å². The molecule has 1 rings (SSSR count). The number of hydrogen-bond donors (Lipinski definition) is 1. The fraction of sp³-hybridized carbons (Fsp3) is 0.273. The molecule has 2 N–H and O–H groups in total. The van der Waals surface area contributed by atoms with Crippen molar-refractivity contribution < 1.29 is 13.3 Å². The Morgan fingerprint density at radius 2 is 1.56 bits per heavy atom. The Morgan fingerprint density at radius 3 is 1.94 bits per heavy atom. The first-order chi connectivity index (χ1) is 7.74. The number of nitrogens with two attached hydrogens (primary N) is 1. The maximum absolute atomic E-state index is 5.65. The Labute approximate surface area is 97.0 Å². The summed E-state index contributed by atoms with van der Waals surface area (Å²) in [5.74, 6) is 0. The molecule has 1 aromatic carbocycles. The summed E-state index contributed by atoms with van der Waals surface area (Å²) in [4.78, 5) is 0. The average molecular weight is 239 g/mol. The first-order valence-electron chi connectivity index (χ1n) is 4.87. The lowest BCUT2D eigenvalue weighted by Gasteiger charge is -2.26. The predicted octanol–water partition coefficient (Wildman–Crippen LogP) is 1.40. The van der Waals surface area contributed by atoms with Crippen molar-refractivity contribution in [2.24, 2.45) is 5.73 Å². The van der Waals surface area contributed by atoms with Crippen LogP contribution in [0.5, 0.6) is 0 Å². The molecule has 0 aliphatic heterocycles. The van der Waals surface area contributed by atoms with Gasteiger partial charge in [-0.15, -0.1) is 0 Å². The Bertz CT molecular complexity index is 341. The van der Waals surface area contributed by atoms with E-state index in [4.69, 9.17) is 19.0 Å². The van der Waals surface area contributed by atoms with Crippen LogP contribution in [0.2, 0.25) is 0 Å². The second-order valence-electron chi connectivity index (χ2n) is 3.11. The molecular formula is C11H17NO3Si. The van der Waals surface area contributed by atoms with E-state index in [9.17, 15) is 0 Å². The summed E-state index contributed by atoms with van der Waals surface area (Å²) >= 11 is 0. The molecule has 0 aliphatic rings. The second kappa shape index (κ2) is 5.81. The van der Waals surface area contributed by atoms with E-state index in [0.717, 1.165) is 10.8 Å². The topological polar surface area (TPSA) is 53.7 Å². The third kappa shape index (κ3) is 2.33. The second-order valence-corrected chi connectivity index (χ2v) is 5.99. The van der Waals surface area contributed by atoms with Gasteiger partial charge in [0.25, 0.3) is 0 Å². The third-order valence-electron chi connectivity index (χ3n) is 2.39. The lowest BCUT2D eigenvalue weighted by molar-refractivity contribution is 0.141. The summed E-state index contributed by atoms with van der Waals surface area (Å²) < 4.78 is 16.2. The number of hydrogen-bond acceptors (Lipinski definition) is 4. The molecule has 16 heavy (non-hydrogen) atoms. The zero-order valence-electron chi connectivity index (χ0n) is 9.77. The van der Waals surface area contributed by atoms with Gasteiger partial charge in [-0.2, -0.15) is 0 Å². The van der Waals surface area contributed by atoms with Crippen LogP contribution in [0.3, 0.4) is 0 Å². The molecule has 0 atom stereocenters. The van der Waals surface area contributed by atoms with E-state index in [1.807, 2.05) is 30.3 Å². The maximum Gasteiger partial charge on any atom is 0.538 e. The molecule has 5 heteroatoms. The minimum atomic E-state index is -2.85. The summed E-state index contributed by atoms with van der Waals surface area (Å²) in [6.07, 6.45) is 1.48. The molecule has 88 valence electrons. The monoisotopic (exact) mass is 239 g/mol. The van der Waals surface area contributed by atoms with E-state index in [2.05, 4.69) is 0 Å². The number of rotatable bonds is 5. The van der Waals surface area contributed by atoms with Crippen molar-refractivity contribution in [1.29, 1.82) is 0 Å². The summed E-state index contributed by atoms with van der Waals surface area (Å²) in [5.41, 5.74) is 6.60. The van der Waals surface area contributed by atoms with Crippen LogP contribution in [0.25, 0.3) is 5.20 Å². The Morgan fingerprint density at radius 1 is 1.06 bits per heavy atom. The van der Waals surface area contributed by atoms with Crippen LogP contribution in [-0.2, 0) is 13.3 Å². The molecule has 1 aromatic rings. The summed E-state index contributed by atoms with van der Waals surface area (Å²) in [7, 11) is 1.83. The summed E-state index contributed by atoms with van der Waals surface area (Å²) in [5, 5.41) is 0.764. The standard InChI is InChI=1S/C11H17NO3Si/c1-13-16(14-2,15-3)11(9-12)10-7-5-4-6-8-10/h4-9H,12H2,1-3H3. The molecule has 0 fully saturated rings. The molecule has 0 aromatic heterocycles. The van der Waals surface area contributed by atoms with Gasteiger partial charge in [0.05, 0.1) is 0 Å². The quantitative estimate of drug-likeness (QED) is 0.789. The summed E-state index contributed by atoms with van der Waals surface area (Å²) in [6, 6.07) is 9.68. The molecule has 0 saturated heterocycles. The van der Waals surface area contributed by atoms with Crippen molar-refractivity contribution in [3.63, 3.8) is 0 Å². The Balaban J connectivity index is 3.17. The first-order valence-corrected chi connectivity index (χ1v) is 6.59. The molecule has 0 unspecified atom stereocenters. The lowest BCUT2D eigenvalue weighted by atomic mass is 10.2. The van der Waals surface area contributed by atoms with Gasteiger partial charge in [-0.1, -0.05) is 30.3 Å². The molecular weight excluding hydrogens is 222 g/mol. The predicted molar refractivity (Wildman–Crippen MR) is 65.4 cm³/mol. The van der Waals surface area contributed by atoms with Crippen molar-refractivity contribution in [2.75, 3.05) is 21.3 Å². The van der Waals surface area contributed by atoms with Crippen molar-refractivity contribution in [2.45, 2.75) is 0 Å². The molecule has 0 amide bonds. The van der Waals surface area contributed by atoms with E-state index in [0.29, 0.717) is 0 Å². The van der Waals surface area contributed by atoms with Crippen molar-refractivity contribution >= 4 is 14.0 Å². The van der Waals surface area contributed by atoms with Crippen molar-refractivity contribution in [3.05, 3.63) is 42.1 Å². The van der Waals surface area contributed by atoms with E-state index in [-0.39, 0.29) is 0 Å². The third-order valence-corrected chi connectivity index (χ3v) is 5.11. The van der Waals surface area contributed by atoms with Gasteiger partial charge in [-0.3, -0.25) is 0 Å². The van der Waals surface area contributed by atoms with Crippen LogP contribution >= 0.6 is 0 Å². The first kappa shape index (κ1) is 12.9. The highest BCUT2D eigenvalue weighted by Crippen LogP contribution is 2.26. The van der Waals surface area contributed by atoms with Gasteiger partial charge in [0.15, 0.2) is 0 Å². The zero-order chi connectivity index (χ0) is 12.0. The summed E-state index contributed by atoms with van der Waals surface area (Å²) in [6.45, 7) is 0. The maximum atomic E-state index is 5.65. The minimum absolute atomic E-state index is 0.764. The highest BCUT2D eigenvalue weighted by molar-refractivity contribution is 6.81. The fourth-order valence-corrected chi connectivity index (χ4v) is 3.46. The average Bonchev–Trinajstić information content (AvgIpc) is 2.37. The smallest absolute Gasteiger partial charge is 0.404 e. The minimum Gasteiger partial charge on any atom is -0.404 e. The van der Waals surface area contributed by atoms with E-state index < -0.39 is 8.80 Å². The molecule has 0 heterocycles. The highest BCUT2D eigenvalue weighted by atomic mass is 28.4. The van der Waals surface area contributed by atoms with Crippen molar-refractivity contribution in [3.8, 4) is 0 Å². The molecule has 0 aliphatic carbocycles. The number of benzene rings is 1. The van der Waals surface area contributed by atoms with Crippen molar-refractivity contribution in [1.82, 2.24) is 0 Å². The van der Waals surface area contributed by atoms with Crippen LogP contribution < -0.4 is 5.73 Å². The fourth-order valence-electron chi connectivity index (χ4n) is 1.57. The Kier molecular flexibility index (Phi) is 4.69. The largest absolute Gasteiger partial charge is 0.538 e. The van der Waals surface area contributed by atoms with E-state index >= 15 is 0 Å². The van der Waals surface area contributed by atoms with E-state index in [1.54, 1.807) is 21.3 Å². The van der Waals surface area contributed by atoms with Crippen LogP contribution in [0, 0.1) is 0 Å². The molecule has 0 bridgehead atoms. The van der Waals surface area contributed by atoms with Crippen LogP contribution in [0.15, 0.2) is 36.5 Å². The molecule has 0 radical (unpaired) electrons. The van der Waals surface area contributed by atoms with E-state index in [1.165, 1.54) is 6.20 Å². The van der Waals surface area contributed by atoms with Gasteiger partial charge in [-0.25, -0.2) is 0 Å². The van der Waals surface area contributed by atoms with Gasteiger partial charge in [-0.05, 0) is 5.56 Å². The van der Waals surface area contributed by atoms with Gasteiger partial charge >= 0.3 is 8.80 Å². The molecule has 4 nitrogen and oxygen atoms in total. The molecule has 0 saturated carbocycles. The van der Waals surface area contributed by atoms with Crippen LogP contribution in [0.4, 0.5) is 0 Å². The van der Waals surface area contributed by atoms with Crippen LogP contribution in [0.1, 0.15) is 5.56 Å². The van der Waals surface area contributed by atoms with Gasteiger partial charge in [0, 0.05) is 32.7 Å². The normalized spacial score (nSPS) is 12.8. The van der Waals surface area contributed by atoms with Gasteiger partial charge in [0.2, 0.25) is 0 Å². The van der Waals surface area contributed by atoms with Crippen LogP contribution in [-0.4, -0.2) is 30.1 Å². The zero-order valence-corrected chi connectivity index (χ0v) is 10.8. The highest BCUT2D eigenvalue weighted by Gasteiger charge is 2.43. The lowest BCUT2D eigenvalue weighted by Crippen LogP contribution is -2.45. The van der Waals surface area contributed by atoms with Gasteiger partial charge < -0.3 is 19.0 Å². The Hall–Kier alpha value is -1.14.